The van der Waals surface area contributed by atoms with Crippen LogP contribution in [0.5, 0.6) is 0 Å². The molecule has 0 aromatic carbocycles. The summed E-state index contributed by atoms with van der Waals surface area (Å²) in [4.78, 5) is 8.33. The Balaban J connectivity index is 1.78. The maximum absolute atomic E-state index is 4.80. The molecule has 0 spiro atoms. The van der Waals surface area contributed by atoms with Crippen LogP contribution >= 0.6 is 0 Å². The van der Waals surface area contributed by atoms with Gasteiger partial charge in [-0.25, -0.2) is 9.50 Å². The van der Waals surface area contributed by atoms with Gasteiger partial charge in [-0.05, 0) is 37.3 Å². The molecule has 1 atom stereocenters. The van der Waals surface area contributed by atoms with E-state index in [-0.39, 0.29) is 0 Å². The van der Waals surface area contributed by atoms with Crippen molar-refractivity contribution in [2.45, 2.75) is 32.6 Å². The maximum Gasteiger partial charge on any atom is 0.141 e. The number of aromatic amines is 1. The molecule has 20 heavy (non-hydrogen) atoms. The van der Waals surface area contributed by atoms with Crippen LogP contribution in [0.3, 0.4) is 0 Å². The van der Waals surface area contributed by atoms with Crippen LogP contribution < -0.4 is 0 Å². The van der Waals surface area contributed by atoms with Crippen molar-refractivity contribution in [3.05, 3.63) is 42.0 Å². The molecule has 0 bridgehead atoms. The van der Waals surface area contributed by atoms with Crippen LogP contribution in [0.25, 0.3) is 16.9 Å². The predicted molar refractivity (Wildman–Crippen MR) is 78.6 cm³/mol. The quantitative estimate of drug-likeness (QED) is 0.774. The summed E-state index contributed by atoms with van der Waals surface area (Å²) in [6.45, 7) is 2.28. The second kappa shape index (κ2) is 4.47. The lowest BCUT2D eigenvalue weighted by Crippen LogP contribution is -2.12. The number of imidazole rings is 1. The van der Waals surface area contributed by atoms with Gasteiger partial charge < -0.3 is 4.98 Å². The predicted octanol–water partition coefficient (Wildman–Crippen LogP) is 3.24. The smallest absolute Gasteiger partial charge is 0.141 e. The fourth-order valence-corrected chi connectivity index (χ4v) is 3.15. The maximum atomic E-state index is 4.80. The third-order valence-corrected chi connectivity index (χ3v) is 4.41. The van der Waals surface area contributed by atoms with Gasteiger partial charge in [0, 0.05) is 11.9 Å². The van der Waals surface area contributed by atoms with E-state index < -0.39 is 0 Å². The molecule has 1 aliphatic carbocycles. The molecule has 1 aliphatic rings. The zero-order valence-corrected chi connectivity index (χ0v) is 11.6. The third kappa shape index (κ3) is 1.75. The van der Waals surface area contributed by atoms with Gasteiger partial charge in [0.2, 0.25) is 0 Å². The van der Waals surface area contributed by atoms with Crippen molar-refractivity contribution >= 4 is 5.52 Å². The van der Waals surface area contributed by atoms with Crippen LogP contribution in [-0.4, -0.2) is 19.6 Å². The topological polar surface area (TPSA) is 46.0 Å². The number of aromatic nitrogens is 4. The van der Waals surface area contributed by atoms with Crippen LogP contribution in [0.2, 0.25) is 0 Å². The number of nitrogens with one attached hydrogen (secondary N) is 1. The molecule has 0 aliphatic heterocycles. The van der Waals surface area contributed by atoms with E-state index in [0.29, 0.717) is 0 Å². The van der Waals surface area contributed by atoms with Crippen molar-refractivity contribution in [3.63, 3.8) is 0 Å². The fraction of sp³-hybridized carbons (Fsp3) is 0.375. The highest BCUT2D eigenvalue weighted by Crippen LogP contribution is 2.29. The molecule has 0 fully saturated rings. The molecule has 1 N–H and O–H groups in total. The number of pyridine rings is 1. The summed E-state index contributed by atoms with van der Waals surface area (Å²) >= 11 is 0. The largest absolute Gasteiger partial charge is 0.341 e. The number of rotatable bonds is 2. The summed E-state index contributed by atoms with van der Waals surface area (Å²) in [5.41, 5.74) is 4.77. The Labute approximate surface area is 117 Å². The van der Waals surface area contributed by atoms with Crippen LogP contribution in [0.1, 0.15) is 31.2 Å². The van der Waals surface area contributed by atoms with Crippen molar-refractivity contribution in [2.75, 3.05) is 0 Å². The monoisotopic (exact) mass is 266 g/mol. The Bertz CT molecular complexity index is 753. The lowest BCUT2D eigenvalue weighted by atomic mass is 9.88. The van der Waals surface area contributed by atoms with Crippen LogP contribution in [0.15, 0.2) is 30.6 Å². The van der Waals surface area contributed by atoms with Crippen molar-refractivity contribution in [3.8, 4) is 11.4 Å². The molecule has 4 heteroatoms. The number of nitrogens with zero attached hydrogens (tertiary/aromatic N) is 3. The van der Waals surface area contributed by atoms with Gasteiger partial charge in [0.1, 0.15) is 5.82 Å². The molecule has 3 aromatic heterocycles. The Morgan fingerprint density at radius 1 is 1.40 bits per heavy atom. The number of hydrogen-bond acceptors (Lipinski definition) is 2. The second-order valence-electron chi connectivity index (χ2n) is 5.62. The van der Waals surface area contributed by atoms with E-state index in [4.69, 9.17) is 4.98 Å². The summed E-state index contributed by atoms with van der Waals surface area (Å²) in [6, 6.07) is 6.11. The van der Waals surface area contributed by atoms with E-state index in [1.165, 1.54) is 24.2 Å². The SMILES string of the molecule is CCC1CCc2nc(-c3cnn4ccccc34)[nH]c2C1. The first-order valence-corrected chi connectivity index (χ1v) is 7.35. The molecule has 1 unspecified atom stereocenters. The van der Waals surface area contributed by atoms with E-state index in [1.807, 2.05) is 29.0 Å². The Morgan fingerprint density at radius 3 is 3.25 bits per heavy atom. The van der Waals surface area contributed by atoms with Gasteiger partial charge in [-0.3, -0.25) is 0 Å². The molecule has 4 nitrogen and oxygen atoms in total. The number of aryl methyl sites for hydroxylation is 1. The normalized spacial score (nSPS) is 18.4. The minimum Gasteiger partial charge on any atom is -0.341 e. The van der Waals surface area contributed by atoms with E-state index in [0.717, 1.165) is 35.7 Å². The van der Waals surface area contributed by atoms with Crippen LogP contribution in [0, 0.1) is 5.92 Å². The highest BCUT2D eigenvalue weighted by molar-refractivity contribution is 5.75. The average molecular weight is 266 g/mol. The number of hydrogen-bond donors (Lipinski definition) is 1. The molecule has 3 heterocycles. The number of fused-ring (bicyclic) bond motifs is 2. The molecule has 0 saturated heterocycles. The van der Waals surface area contributed by atoms with Crippen molar-refractivity contribution in [1.29, 1.82) is 0 Å². The van der Waals surface area contributed by atoms with Gasteiger partial charge in [0.15, 0.2) is 0 Å². The van der Waals surface area contributed by atoms with Gasteiger partial charge in [-0.2, -0.15) is 5.10 Å². The minimum atomic E-state index is 0.805. The zero-order chi connectivity index (χ0) is 13.5. The lowest BCUT2D eigenvalue weighted by molar-refractivity contribution is 0.438. The molecular formula is C16H18N4. The van der Waals surface area contributed by atoms with Gasteiger partial charge >= 0.3 is 0 Å². The Hall–Kier alpha value is -2.10. The van der Waals surface area contributed by atoms with E-state index >= 15 is 0 Å². The van der Waals surface area contributed by atoms with Gasteiger partial charge in [-0.1, -0.05) is 19.4 Å². The minimum absolute atomic E-state index is 0.805. The summed E-state index contributed by atoms with van der Waals surface area (Å²) in [7, 11) is 0. The lowest BCUT2D eigenvalue weighted by Gasteiger charge is -2.18. The summed E-state index contributed by atoms with van der Waals surface area (Å²) < 4.78 is 1.89. The average Bonchev–Trinajstić information content (AvgIpc) is 3.09. The molecule has 4 rings (SSSR count). The van der Waals surface area contributed by atoms with Gasteiger partial charge in [0.25, 0.3) is 0 Å². The molecule has 0 amide bonds. The highest BCUT2D eigenvalue weighted by Gasteiger charge is 2.22. The summed E-state index contributed by atoms with van der Waals surface area (Å²) in [5, 5.41) is 4.39. The summed E-state index contributed by atoms with van der Waals surface area (Å²) in [5.74, 6) is 1.77. The first-order valence-electron chi connectivity index (χ1n) is 7.35. The van der Waals surface area contributed by atoms with Crippen molar-refractivity contribution in [2.24, 2.45) is 5.92 Å². The van der Waals surface area contributed by atoms with E-state index in [9.17, 15) is 0 Å². The van der Waals surface area contributed by atoms with Crippen molar-refractivity contribution in [1.82, 2.24) is 19.6 Å². The van der Waals surface area contributed by atoms with E-state index in [1.54, 1.807) is 0 Å². The second-order valence-corrected chi connectivity index (χ2v) is 5.62. The zero-order valence-electron chi connectivity index (χ0n) is 11.6. The molecule has 102 valence electrons. The Kier molecular flexibility index (Phi) is 2.62. The molecular weight excluding hydrogens is 248 g/mol. The molecule has 0 radical (unpaired) electrons. The van der Waals surface area contributed by atoms with E-state index in [2.05, 4.69) is 23.1 Å². The standard InChI is InChI=1S/C16H18N4/c1-2-11-6-7-13-14(9-11)19-16(18-13)12-10-17-20-8-4-3-5-15(12)20/h3-5,8,10-11H,2,6-7,9H2,1H3,(H,18,19). The van der Waals surface area contributed by atoms with Crippen LogP contribution in [0.4, 0.5) is 0 Å². The highest BCUT2D eigenvalue weighted by atomic mass is 15.2. The first kappa shape index (κ1) is 11.7. The number of H-pyrrole nitrogens is 1. The molecule has 3 aromatic rings. The van der Waals surface area contributed by atoms with Gasteiger partial charge in [0.05, 0.1) is 23.0 Å². The third-order valence-electron chi connectivity index (χ3n) is 4.41. The van der Waals surface area contributed by atoms with Gasteiger partial charge in [-0.15, -0.1) is 0 Å². The first-order chi connectivity index (χ1) is 9.85. The Morgan fingerprint density at radius 2 is 2.35 bits per heavy atom. The van der Waals surface area contributed by atoms with Crippen LogP contribution in [-0.2, 0) is 12.8 Å². The molecule has 0 saturated carbocycles. The van der Waals surface area contributed by atoms with Crippen molar-refractivity contribution < 1.29 is 0 Å². The fourth-order valence-electron chi connectivity index (χ4n) is 3.15. The summed E-state index contributed by atoms with van der Waals surface area (Å²) in [6.07, 6.45) is 8.63.